The van der Waals surface area contributed by atoms with Crippen molar-refractivity contribution in [1.29, 1.82) is 0 Å². The summed E-state index contributed by atoms with van der Waals surface area (Å²) in [6, 6.07) is 4.17. The van der Waals surface area contributed by atoms with E-state index < -0.39 is 11.0 Å². The quantitative estimate of drug-likeness (QED) is 0.914. The van der Waals surface area contributed by atoms with Crippen LogP contribution in [0.4, 0.5) is 0 Å². The number of nitrogens with two attached hydrogens (primary N) is 1. The molecular formula is C11H14N2OS2. The van der Waals surface area contributed by atoms with Crippen LogP contribution in [0.2, 0.25) is 0 Å². The number of aryl methyl sites for hydroxylation is 2. The molecule has 2 aromatic rings. The summed E-state index contributed by atoms with van der Waals surface area (Å²) in [5.41, 5.74) is 3.54. The first-order valence-corrected chi connectivity index (χ1v) is 7.27. The molecule has 2 rings (SSSR count). The van der Waals surface area contributed by atoms with E-state index >= 15 is 0 Å². The van der Waals surface area contributed by atoms with Crippen molar-refractivity contribution in [1.82, 2.24) is 4.98 Å². The molecule has 0 spiro atoms. The van der Waals surface area contributed by atoms with Gasteiger partial charge in [0.25, 0.3) is 0 Å². The van der Waals surface area contributed by atoms with Crippen LogP contribution in [0.1, 0.15) is 25.0 Å². The van der Waals surface area contributed by atoms with Crippen LogP contribution in [0.5, 0.6) is 0 Å². The lowest BCUT2D eigenvalue weighted by atomic mass is 10.0. The van der Waals surface area contributed by atoms with Crippen LogP contribution < -0.4 is 5.14 Å². The summed E-state index contributed by atoms with van der Waals surface area (Å²) in [5.74, 6) is 0. The Hall–Kier alpha value is -0.780. The number of nitrogens with zero attached hydrogens (tertiary/aromatic N) is 1. The number of fused-ring (bicyclic) bond motifs is 1. The summed E-state index contributed by atoms with van der Waals surface area (Å²) in [5, 5.41) is 5.36. The van der Waals surface area contributed by atoms with Crippen molar-refractivity contribution in [3.05, 3.63) is 23.3 Å². The SMILES string of the molecule is CCc1ccc2sc(S(N)=O)nc2c1CC. The first-order valence-electron chi connectivity index (χ1n) is 5.24. The number of aromatic nitrogens is 1. The van der Waals surface area contributed by atoms with Crippen molar-refractivity contribution in [2.24, 2.45) is 5.14 Å². The van der Waals surface area contributed by atoms with Crippen LogP contribution in [-0.4, -0.2) is 9.19 Å². The number of benzene rings is 1. The Balaban J connectivity index is 2.71. The molecule has 0 fully saturated rings. The molecule has 1 unspecified atom stereocenters. The molecule has 0 saturated carbocycles. The molecule has 0 aliphatic carbocycles. The zero-order valence-corrected chi connectivity index (χ0v) is 11.0. The lowest BCUT2D eigenvalue weighted by Gasteiger charge is -2.05. The van der Waals surface area contributed by atoms with E-state index in [1.807, 2.05) is 6.07 Å². The van der Waals surface area contributed by atoms with Gasteiger partial charge in [0.05, 0.1) is 10.2 Å². The molecule has 0 radical (unpaired) electrons. The van der Waals surface area contributed by atoms with E-state index in [2.05, 4.69) is 24.9 Å². The molecule has 3 nitrogen and oxygen atoms in total. The predicted molar refractivity (Wildman–Crippen MR) is 69.0 cm³/mol. The molecule has 0 amide bonds. The van der Waals surface area contributed by atoms with Crippen LogP contribution >= 0.6 is 11.3 Å². The van der Waals surface area contributed by atoms with Crippen molar-refractivity contribution in [2.75, 3.05) is 0 Å². The molecule has 1 atom stereocenters. The van der Waals surface area contributed by atoms with Gasteiger partial charge in [0.2, 0.25) is 0 Å². The Bertz CT molecular complexity index is 548. The van der Waals surface area contributed by atoms with Crippen molar-refractivity contribution in [3.8, 4) is 0 Å². The van der Waals surface area contributed by atoms with Gasteiger partial charge >= 0.3 is 0 Å². The van der Waals surface area contributed by atoms with E-state index in [1.54, 1.807) is 0 Å². The first kappa shape index (κ1) is 11.7. The second-order valence-corrected chi connectivity index (χ2v) is 5.80. The Morgan fingerprint density at radius 2 is 2.12 bits per heavy atom. The molecule has 0 saturated heterocycles. The molecule has 5 heteroatoms. The molecule has 1 aromatic heterocycles. The van der Waals surface area contributed by atoms with E-state index in [4.69, 9.17) is 5.14 Å². The Kier molecular flexibility index (Phi) is 3.37. The van der Waals surface area contributed by atoms with E-state index in [1.165, 1.54) is 22.5 Å². The summed E-state index contributed by atoms with van der Waals surface area (Å²) in [6.07, 6.45) is 1.94. The molecule has 0 aliphatic rings. The van der Waals surface area contributed by atoms with Crippen LogP contribution in [0.3, 0.4) is 0 Å². The third kappa shape index (κ3) is 1.90. The van der Waals surface area contributed by atoms with Gasteiger partial charge in [-0.05, 0) is 30.0 Å². The standard InChI is InChI=1S/C11H14N2OS2/c1-3-7-5-6-9-10(8(7)4-2)13-11(15-9)16(12)14/h5-6H,3-4,12H2,1-2H3. The molecule has 1 heterocycles. The average Bonchev–Trinajstić information content (AvgIpc) is 2.71. The molecule has 2 N–H and O–H groups in total. The highest BCUT2D eigenvalue weighted by molar-refractivity contribution is 7.85. The lowest BCUT2D eigenvalue weighted by molar-refractivity contribution is 0.684. The van der Waals surface area contributed by atoms with Crippen molar-refractivity contribution in [2.45, 2.75) is 31.0 Å². The van der Waals surface area contributed by atoms with Gasteiger partial charge in [0.1, 0.15) is 0 Å². The fourth-order valence-corrected chi connectivity index (χ4v) is 3.39. The highest BCUT2D eigenvalue weighted by Crippen LogP contribution is 2.29. The molecule has 1 aromatic carbocycles. The maximum absolute atomic E-state index is 11.2. The summed E-state index contributed by atoms with van der Waals surface area (Å²) >= 11 is 1.42. The third-order valence-corrected chi connectivity index (χ3v) is 4.64. The van der Waals surface area contributed by atoms with Crippen LogP contribution in [-0.2, 0) is 23.8 Å². The molecule has 0 bridgehead atoms. The second-order valence-electron chi connectivity index (χ2n) is 3.53. The van der Waals surface area contributed by atoms with Gasteiger partial charge < -0.3 is 0 Å². The topological polar surface area (TPSA) is 56.0 Å². The highest BCUT2D eigenvalue weighted by atomic mass is 32.2. The number of rotatable bonds is 3. The predicted octanol–water partition coefficient (Wildman–Crippen LogP) is 2.40. The highest BCUT2D eigenvalue weighted by Gasteiger charge is 2.12. The minimum absolute atomic E-state index is 0.512. The minimum atomic E-state index is -1.47. The van der Waals surface area contributed by atoms with Gasteiger partial charge in [-0.3, -0.25) is 0 Å². The van der Waals surface area contributed by atoms with Crippen molar-refractivity contribution < 1.29 is 4.21 Å². The van der Waals surface area contributed by atoms with Crippen LogP contribution in [0.25, 0.3) is 10.2 Å². The van der Waals surface area contributed by atoms with Crippen LogP contribution in [0, 0.1) is 0 Å². The largest absolute Gasteiger partial charge is 0.246 e. The smallest absolute Gasteiger partial charge is 0.197 e. The maximum atomic E-state index is 11.2. The van der Waals surface area contributed by atoms with Gasteiger partial charge in [0, 0.05) is 0 Å². The zero-order chi connectivity index (χ0) is 11.7. The molecule has 0 aliphatic heterocycles. The lowest BCUT2D eigenvalue weighted by Crippen LogP contribution is -2.01. The normalized spacial score (nSPS) is 13.2. The fourth-order valence-electron chi connectivity index (χ4n) is 1.88. The number of thiazole rings is 1. The van der Waals surface area contributed by atoms with Gasteiger partial charge in [-0.25, -0.2) is 14.3 Å². The van der Waals surface area contributed by atoms with E-state index in [0.29, 0.717) is 4.34 Å². The monoisotopic (exact) mass is 254 g/mol. The molecule has 86 valence electrons. The first-order chi connectivity index (χ1) is 7.67. The summed E-state index contributed by atoms with van der Waals surface area (Å²) in [4.78, 5) is 4.38. The van der Waals surface area contributed by atoms with Crippen LogP contribution in [0.15, 0.2) is 16.5 Å². The molecular weight excluding hydrogens is 240 g/mol. The van der Waals surface area contributed by atoms with Gasteiger partial charge in [-0.15, -0.1) is 11.3 Å². The summed E-state index contributed by atoms with van der Waals surface area (Å²) in [7, 11) is -1.47. The summed E-state index contributed by atoms with van der Waals surface area (Å²) < 4.78 is 12.8. The van der Waals surface area contributed by atoms with E-state index in [-0.39, 0.29) is 0 Å². The zero-order valence-electron chi connectivity index (χ0n) is 9.32. The second kappa shape index (κ2) is 4.61. The van der Waals surface area contributed by atoms with Crippen molar-refractivity contribution >= 4 is 32.5 Å². The van der Waals surface area contributed by atoms with E-state index in [9.17, 15) is 4.21 Å². The Morgan fingerprint density at radius 1 is 1.38 bits per heavy atom. The Labute approximate surface area is 101 Å². The van der Waals surface area contributed by atoms with E-state index in [0.717, 1.165) is 23.1 Å². The molecule has 16 heavy (non-hydrogen) atoms. The van der Waals surface area contributed by atoms with Gasteiger partial charge in [0.15, 0.2) is 15.3 Å². The van der Waals surface area contributed by atoms with Crippen molar-refractivity contribution in [3.63, 3.8) is 0 Å². The summed E-state index contributed by atoms with van der Waals surface area (Å²) in [6.45, 7) is 4.25. The fraction of sp³-hybridized carbons (Fsp3) is 0.364. The Morgan fingerprint density at radius 3 is 2.69 bits per heavy atom. The average molecular weight is 254 g/mol. The van der Waals surface area contributed by atoms with Gasteiger partial charge in [-0.1, -0.05) is 19.9 Å². The number of hydrogen-bond donors (Lipinski definition) is 1. The minimum Gasteiger partial charge on any atom is -0.246 e. The maximum Gasteiger partial charge on any atom is 0.197 e. The third-order valence-electron chi connectivity index (χ3n) is 2.65. The van der Waals surface area contributed by atoms with Gasteiger partial charge in [-0.2, -0.15) is 0 Å². The number of hydrogen-bond acceptors (Lipinski definition) is 3.